The third kappa shape index (κ3) is 5.04. The molecule has 0 spiro atoms. The number of aromatic nitrogens is 3. The second-order valence-corrected chi connectivity index (χ2v) is 6.39. The molecule has 3 rings (SSSR count). The first-order valence-electron chi connectivity index (χ1n) is 9.17. The maximum atomic E-state index is 9.59. The van der Waals surface area contributed by atoms with Crippen LogP contribution in [-0.4, -0.2) is 32.7 Å². The average Bonchev–Trinajstić information content (AvgIpc) is 2.70. The summed E-state index contributed by atoms with van der Waals surface area (Å²) in [4.78, 5) is 12.9. The van der Waals surface area contributed by atoms with Crippen LogP contribution in [0.2, 0.25) is 0 Å². The Labute approximate surface area is 158 Å². The lowest BCUT2D eigenvalue weighted by molar-refractivity contribution is 0.265. The van der Waals surface area contributed by atoms with Crippen LogP contribution in [0, 0.1) is 0 Å². The van der Waals surface area contributed by atoms with Crippen molar-refractivity contribution in [2.45, 2.75) is 38.8 Å². The van der Waals surface area contributed by atoms with Crippen LogP contribution in [0.1, 0.15) is 31.9 Å². The number of aliphatic hydroxyl groups is 1. The zero-order valence-corrected chi connectivity index (χ0v) is 15.4. The predicted molar refractivity (Wildman–Crippen MR) is 107 cm³/mol. The summed E-state index contributed by atoms with van der Waals surface area (Å²) in [5, 5.41) is 13.9. The van der Waals surface area contributed by atoms with Crippen LogP contribution < -0.4 is 15.8 Å². The highest BCUT2D eigenvalue weighted by Gasteiger charge is 2.13. The molecule has 3 aromatic rings. The summed E-state index contributed by atoms with van der Waals surface area (Å²) in [6.45, 7) is 2.41. The van der Waals surface area contributed by atoms with E-state index in [2.05, 4.69) is 27.2 Å². The van der Waals surface area contributed by atoms with Crippen molar-refractivity contribution in [3.8, 4) is 5.75 Å². The van der Waals surface area contributed by atoms with Crippen molar-refractivity contribution in [3.05, 3.63) is 48.3 Å². The molecule has 2 aromatic heterocycles. The Morgan fingerprint density at radius 2 is 2.04 bits per heavy atom. The number of unbranched alkanes of at least 4 members (excludes halogenated alkanes) is 1. The van der Waals surface area contributed by atoms with Crippen molar-refractivity contribution < 1.29 is 9.84 Å². The van der Waals surface area contributed by atoms with Crippen LogP contribution in [0.5, 0.6) is 5.75 Å². The van der Waals surface area contributed by atoms with E-state index in [-0.39, 0.29) is 25.2 Å². The summed E-state index contributed by atoms with van der Waals surface area (Å²) < 4.78 is 5.89. The van der Waals surface area contributed by atoms with Crippen LogP contribution >= 0.6 is 0 Å². The quantitative estimate of drug-likeness (QED) is 0.533. The molecule has 0 fully saturated rings. The SMILES string of the molecule is CCCC[C@@H](CO)Nc1nc(N)ncc1OCc1ccc2ccccc2n1. The molecule has 0 amide bonds. The van der Waals surface area contributed by atoms with Crippen molar-refractivity contribution in [1.82, 2.24) is 15.0 Å². The van der Waals surface area contributed by atoms with Gasteiger partial charge in [-0.2, -0.15) is 4.98 Å². The fraction of sp³-hybridized carbons (Fsp3) is 0.350. The van der Waals surface area contributed by atoms with Crippen LogP contribution in [-0.2, 0) is 6.61 Å². The Bertz CT molecular complexity index is 887. The number of nitrogen functional groups attached to an aromatic ring is 1. The fourth-order valence-corrected chi connectivity index (χ4v) is 2.79. The molecular weight excluding hydrogens is 342 g/mol. The van der Waals surface area contributed by atoms with E-state index in [4.69, 9.17) is 10.5 Å². The molecule has 1 aromatic carbocycles. The molecule has 0 aliphatic rings. The molecule has 2 heterocycles. The molecule has 0 unspecified atom stereocenters. The average molecular weight is 367 g/mol. The Hall–Kier alpha value is -2.93. The molecule has 142 valence electrons. The third-order valence-corrected chi connectivity index (χ3v) is 4.27. The number of benzene rings is 1. The Kier molecular flexibility index (Phi) is 6.38. The maximum Gasteiger partial charge on any atom is 0.222 e. The summed E-state index contributed by atoms with van der Waals surface area (Å²) in [6.07, 6.45) is 4.44. The lowest BCUT2D eigenvalue weighted by Gasteiger charge is -2.19. The Morgan fingerprint density at radius 3 is 2.85 bits per heavy atom. The molecule has 0 saturated carbocycles. The van der Waals surface area contributed by atoms with Crippen LogP contribution in [0.25, 0.3) is 10.9 Å². The van der Waals surface area contributed by atoms with Crippen LogP contribution in [0.15, 0.2) is 42.6 Å². The van der Waals surface area contributed by atoms with E-state index in [1.165, 1.54) is 0 Å². The molecule has 7 heteroatoms. The van der Waals surface area contributed by atoms with Gasteiger partial charge in [0.2, 0.25) is 5.95 Å². The molecule has 0 aliphatic heterocycles. The number of nitrogens with one attached hydrogen (secondary N) is 1. The minimum Gasteiger partial charge on any atom is -0.482 e. The first-order valence-corrected chi connectivity index (χ1v) is 9.17. The smallest absolute Gasteiger partial charge is 0.222 e. The molecular formula is C20H25N5O2. The largest absolute Gasteiger partial charge is 0.482 e. The second kappa shape index (κ2) is 9.14. The first-order chi connectivity index (χ1) is 13.2. The third-order valence-electron chi connectivity index (χ3n) is 4.27. The second-order valence-electron chi connectivity index (χ2n) is 6.39. The highest BCUT2D eigenvalue weighted by atomic mass is 16.5. The zero-order valence-electron chi connectivity index (χ0n) is 15.4. The molecule has 0 bridgehead atoms. The van der Waals surface area contributed by atoms with Gasteiger partial charge in [-0.3, -0.25) is 0 Å². The predicted octanol–water partition coefficient (Wildman–Crippen LogP) is 3.15. The van der Waals surface area contributed by atoms with E-state index in [1.54, 1.807) is 6.20 Å². The van der Waals surface area contributed by atoms with E-state index in [0.717, 1.165) is 35.9 Å². The van der Waals surface area contributed by atoms with Gasteiger partial charge in [0.15, 0.2) is 11.6 Å². The number of nitrogens with two attached hydrogens (primary N) is 1. The highest BCUT2D eigenvalue weighted by molar-refractivity contribution is 5.78. The van der Waals surface area contributed by atoms with Gasteiger partial charge in [0.05, 0.1) is 30.1 Å². The van der Waals surface area contributed by atoms with E-state index >= 15 is 0 Å². The van der Waals surface area contributed by atoms with Crippen LogP contribution in [0.3, 0.4) is 0 Å². The number of pyridine rings is 1. The van der Waals surface area contributed by atoms with Crippen molar-refractivity contribution in [2.75, 3.05) is 17.7 Å². The van der Waals surface area contributed by atoms with E-state index < -0.39 is 0 Å². The van der Waals surface area contributed by atoms with Crippen molar-refractivity contribution in [1.29, 1.82) is 0 Å². The summed E-state index contributed by atoms with van der Waals surface area (Å²) in [6, 6.07) is 11.8. The number of fused-ring (bicyclic) bond motifs is 1. The number of nitrogens with zero attached hydrogens (tertiary/aromatic N) is 3. The molecule has 0 saturated heterocycles. The molecule has 4 N–H and O–H groups in total. The van der Waals surface area contributed by atoms with E-state index in [9.17, 15) is 5.11 Å². The van der Waals surface area contributed by atoms with Gasteiger partial charge in [0, 0.05) is 5.39 Å². The number of rotatable bonds is 9. The number of ether oxygens (including phenoxy) is 1. The van der Waals surface area contributed by atoms with Crippen molar-refractivity contribution in [3.63, 3.8) is 0 Å². The summed E-state index contributed by atoms with van der Waals surface area (Å²) >= 11 is 0. The van der Waals surface area contributed by atoms with Gasteiger partial charge < -0.3 is 20.9 Å². The highest BCUT2D eigenvalue weighted by Crippen LogP contribution is 2.24. The first kappa shape index (κ1) is 18.8. The van der Waals surface area contributed by atoms with Gasteiger partial charge in [-0.25, -0.2) is 9.97 Å². The number of hydrogen-bond donors (Lipinski definition) is 3. The Morgan fingerprint density at radius 1 is 1.19 bits per heavy atom. The standard InChI is InChI=1S/C20H25N5O2/c1-2-3-7-15(12-26)24-19-18(11-22-20(21)25-19)27-13-16-10-9-14-6-4-5-8-17(14)23-16/h4-6,8-11,15,26H,2-3,7,12-13H2,1H3,(H3,21,22,24,25)/t15-/m0/s1. The molecule has 1 atom stereocenters. The lowest BCUT2D eigenvalue weighted by Crippen LogP contribution is -2.25. The Balaban J connectivity index is 1.73. The lowest BCUT2D eigenvalue weighted by atomic mass is 10.1. The summed E-state index contributed by atoms with van der Waals surface area (Å²) in [5.74, 6) is 1.12. The van der Waals surface area contributed by atoms with Gasteiger partial charge in [-0.15, -0.1) is 0 Å². The number of para-hydroxylation sites is 1. The molecule has 0 aliphatic carbocycles. The number of aliphatic hydroxyl groups excluding tert-OH is 1. The van der Waals surface area contributed by atoms with Crippen molar-refractivity contribution in [2.24, 2.45) is 0 Å². The summed E-state index contributed by atoms with van der Waals surface area (Å²) in [5.41, 5.74) is 7.45. The zero-order chi connectivity index (χ0) is 19.1. The number of hydrogen-bond acceptors (Lipinski definition) is 7. The topological polar surface area (TPSA) is 106 Å². The van der Waals surface area contributed by atoms with Crippen LogP contribution in [0.4, 0.5) is 11.8 Å². The maximum absolute atomic E-state index is 9.59. The van der Waals surface area contributed by atoms with Gasteiger partial charge in [0.25, 0.3) is 0 Å². The molecule has 0 radical (unpaired) electrons. The summed E-state index contributed by atoms with van der Waals surface area (Å²) in [7, 11) is 0. The minimum absolute atomic E-state index is 0.00950. The van der Waals surface area contributed by atoms with E-state index in [1.807, 2.05) is 36.4 Å². The van der Waals surface area contributed by atoms with E-state index in [0.29, 0.717) is 11.6 Å². The molecule has 7 nitrogen and oxygen atoms in total. The normalized spacial score (nSPS) is 12.1. The monoisotopic (exact) mass is 367 g/mol. The molecule has 27 heavy (non-hydrogen) atoms. The van der Waals surface area contributed by atoms with Gasteiger partial charge in [-0.1, -0.05) is 44.0 Å². The van der Waals surface area contributed by atoms with Gasteiger partial charge in [-0.05, 0) is 18.6 Å². The number of anilines is 2. The van der Waals surface area contributed by atoms with Gasteiger partial charge in [0.1, 0.15) is 6.61 Å². The van der Waals surface area contributed by atoms with Crippen molar-refractivity contribution >= 4 is 22.7 Å². The minimum atomic E-state index is -0.111. The fourth-order valence-electron chi connectivity index (χ4n) is 2.79. The van der Waals surface area contributed by atoms with Gasteiger partial charge >= 0.3 is 0 Å².